The van der Waals surface area contributed by atoms with Crippen LogP contribution in [0.1, 0.15) is 0 Å². The third-order valence-electron chi connectivity index (χ3n) is 6.79. The van der Waals surface area contributed by atoms with Crippen molar-refractivity contribution in [3.63, 3.8) is 0 Å². The van der Waals surface area contributed by atoms with E-state index in [1.165, 1.54) is 16.3 Å². The van der Waals surface area contributed by atoms with Gasteiger partial charge in [-0.25, -0.2) is 9.97 Å². The fourth-order valence-corrected chi connectivity index (χ4v) is 5.44. The minimum Gasteiger partial charge on any atom is -0.308 e. The maximum Gasteiger partial charge on any atom is 0.178 e. The maximum atomic E-state index is 5.06. The molecule has 34 heavy (non-hydrogen) atoms. The van der Waals surface area contributed by atoms with Gasteiger partial charge < -0.3 is 4.57 Å². The Hall–Kier alpha value is -4.77. The molecule has 0 N–H and O–H groups in total. The number of hydrogen-bond donors (Lipinski definition) is 0. The normalized spacial score (nSPS) is 12.1. The van der Waals surface area contributed by atoms with Crippen molar-refractivity contribution in [3.05, 3.63) is 103 Å². The molecule has 0 aliphatic carbocycles. The van der Waals surface area contributed by atoms with E-state index >= 15 is 0 Å². The summed E-state index contributed by atoms with van der Waals surface area (Å²) in [6, 6.07) is 31.7. The Bertz CT molecular complexity index is 2070. The van der Waals surface area contributed by atoms with Gasteiger partial charge in [-0.3, -0.25) is 9.38 Å². The van der Waals surface area contributed by atoms with Crippen LogP contribution < -0.4 is 0 Å². The summed E-state index contributed by atoms with van der Waals surface area (Å²) in [5.74, 6) is 0. The Morgan fingerprint density at radius 1 is 0.559 bits per heavy atom. The summed E-state index contributed by atoms with van der Waals surface area (Å²) in [5.41, 5.74) is 8.03. The maximum absolute atomic E-state index is 5.06. The van der Waals surface area contributed by atoms with E-state index < -0.39 is 0 Å². The summed E-state index contributed by atoms with van der Waals surface area (Å²) in [4.78, 5) is 14.5. The summed E-state index contributed by atoms with van der Waals surface area (Å²) in [5, 5.41) is 4.59. The van der Waals surface area contributed by atoms with Crippen LogP contribution in [0.2, 0.25) is 0 Å². The lowest BCUT2D eigenvalue weighted by Crippen LogP contribution is -1.97. The lowest BCUT2D eigenvalue weighted by molar-refractivity contribution is 1.18. The van der Waals surface area contributed by atoms with Crippen LogP contribution in [0.15, 0.2) is 103 Å². The first kappa shape index (κ1) is 17.7. The Kier molecular flexibility index (Phi) is 3.34. The van der Waals surface area contributed by atoms with Gasteiger partial charge in [0.2, 0.25) is 0 Å². The summed E-state index contributed by atoms with van der Waals surface area (Å²) in [6.07, 6.45) is 3.66. The summed E-state index contributed by atoms with van der Waals surface area (Å²) >= 11 is 0. The van der Waals surface area contributed by atoms with Gasteiger partial charge in [-0.15, -0.1) is 0 Å². The van der Waals surface area contributed by atoms with E-state index in [0.29, 0.717) is 0 Å². The summed E-state index contributed by atoms with van der Waals surface area (Å²) in [6.45, 7) is 0. The van der Waals surface area contributed by atoms with Crippen molar-refractivity contribution < 1.29 is 0 Å². The highest BCUT2D eigenvalue weighted by molar-refractivity contribution is 6.26. The fraction of sp³-hybridized carbons (Fsp3) is 0. The van der Waals surface area contributed by atoms with Crippen molar-refractivity contribution in [2.75, 3.05) is 0 Å². The number of aromatic nitrogens is 5. The predicted octanol–water partition coefficient (Wildman–Crippen LogP) is 6.68. The molecule has 0 radical (unpaired) electrons. The molecule has 5 aromatic heterocycles. The molecule has 0 bridgehead atoms. The molecule has 0 atom stereocenters. The molecule has 0 amide bonds. The molecule has 0 unspecified atom stereocenters. The highest BCUT2D eigenvalue weighted by Gasteiger charge is 2.21. The molecule has 0 spiro atoms. The first-order valence-corrected chi connectivity index (χ1v) is 11.3. The minimum absolute atomic E-state index is 0.736. The largest absolute Gasteiger partial charge is 0.308 e. The topological polar surface area (TPSA) is 48.0 Å². The van der Waals surface area contributed by atoms with Crippen molar-refractivity contribution in [1.82, 2.24) is 23.9 Å². The highest BCUT2D eigenvalue weighted by atomic mass is 15.1. The van der Waals surface area contributed by atoms with Gasteiger partial charge in [0.15, 0.2) is 11.3 Å². The van der Waals surface area contributed by atoms with Crippen LogP contribution in [0.5, 0.6) is 0 Å². The Balaban J connectivity index is 1.76. The molecule has 0 saturated heterocycles. The van der Waals surface area contributed by atoms with E-state index in [2.05, 4.69) is 92.8 Å². The van der Waals surface area contributed by atoms with Crippen molar-refractivity contribution in [1.29, 1.82) is 0 Å². The van der Waals surface area contributed by atoms with Gasteiger partial charge in [0, 0.05) is 34.2 Å². The van der Waals surface area contributed by atoms with Crippen molar-refractivity contribution in [2.24, 2.45) is 0 Å². The summed E-state index contributed by atoms with van der Waals surface area (Å²) in [7, 11) is 0. The molecule has 0 saturated carbocycles. The second-order valence-corrected chi connectivity index (χ2v) is 8.56. The van der Waals surface area contributed by atoms with Gasteiger partial charge >= 0.3 is 0 Å². The number of hydrogen-bond acceptors (Lipinski definition) is 3. The average Bonchev–Trinajstić information content (AvgIpc) is 3.45. The third kappa shape index (κ3) is 2.16. The van der Waals surface area contributed by atoms with Gasteiger partial charge in [0.05, 0.1) is 33.0 Å². The van der Waals surface area contributed by atoms with Gasteiger partial charge in [0.1, 0.15) is 0 Å². The van der Waals surface area contributed by atoms with E-state index in [1.54, 1.807) is 6.20 Å². The smallest absolute Gasteiger partial charge is 0.178 e. The van der Waals surface area contributed by atoms with Crippen molar-refractivity contribution >= 4 is 60.4 Å². The first-order chi connectivity index (χ1) is 16.9. The fourth-order valence-electron chi connectivity index (χ4n) is 5.44. The van der Waals surface area contributed by atoms with Crippen LogP contribution in [0.4, 0.5) is 0 Å². The second kappa shape index (κ2) is 6.39. The van der Waals surface area contributed by atoms with Gasteiger partial charge in [0.25, 0.3) is 0 Å². The van der Waals surface area contributed by atoms with Gasteiger partial charge in [-0.2, -0.15) is 0 Å². The zero-order valence-electron chi connectivity index (χ0n) is 18.1. The third-order valence-corrected chi connectivity index (χ3v) is 6.79. The quantitative estimate of drug-likeness (QED) is 0.270. The number of benzene rings is 3. The number of imidazole rings is 1. The molecule has 8 aromatic rings. The number of pyridine rings is 3. The van der Waals surface area contributed by atoms with Crippen LogP contribution in [0.25, 0.3) is 66.1 Å². The van der Waals surface area contributed by atoms with Crippen LogP contribution in [-0.2, 0) is 0 Å². The minimum atomic E-state index is 0.736. The predicted molar refractivity (Wildman–Crippen MR) is 138 cm³/mol. The number of fused-ring (bicyclic) bond motifs is 12. The molecule has 5 heteroatoms. The number of para-hydroxylation sites is 2. The standard InChI is InChI=1S/C29H17N5/c1-2-8-18(9-3-1)33-22-11-5-4-10-19(22)20-14-15-21-25(27(20)33)29-32-28-24(13-7-17-31-28)34(29)23-12-6-16-30-26(21)23/h1-17H. The molecular formula is C29H17N5. The van der Waals surface area contributed by atoms with Crippen molar-refractivity contribution in [3.8, 4) is 5.69 Å². The number of nitrogens with zero attached hydrogens (tertiary/aromatic N) is 5. The summed E-state index contributed by atoms with van der Waals surface area (Å²) < 4.78 is 4.56. The van der Waals surface area contributed by atoms with Crippen LogP contribution in [0, 0.1) is 0 Å². The monoisotopic (exact) mass is 435 g/mol. The van der Waals surface area contributed by atoms with Crippen LogP contribution in [-0.4, -0.2) is 23.9 Å². The zero-order valence-corrected chi connectivity index (χ0v) is 18.1. The van der Waals surface area contributed by atoms with Crippen LogP contribution in [0.3, 0.4) is 0 Å². The Morgan fingerprint density at radius 3 is 2.21 bits per heavy atom. The van der Waals surface area contributed by atoms with Crippen molar-refractivity contribution in [2.45, 2.75) is 0 Å². The molecule has 5 nitrogen and oxygen atoms in total. The van der Waals surface area contributed by atoms with E-state index in [9.17, 15) is 0 Å². The van der Waals surface area contributed by atoms with Crippen LogP contribution >= 0.6 is 0 Å². The van der Waals surface area contributed by atoms with E-state index in [-0.39, 0.29) is 0 Å². The van der Waals surface area contributed by atoms with Gasteiger partial charge in [-0.1, -0.05) is 48.5 Å². The molecule has 8 rings (SSSR count). The molecule has 0 aliphatic heterocycles. The lowest BCUT2D eigenvalue weighted by Gasteiger charge is -2.12. The molecule has 0 aliphatic rings. The molecule has 5 heterocycles. The second-order valence-electron chi connectivity index (χ2n) is 8.56. The first-order valence-electron chi connectivity index (χ1n) is 11.3. The molecule has 0 fully saturated rings. The van der Waals surface area contributed by atoms with E-state index in [1.807, 2.05) is 18.3 Å². The lowest BCUT2D eigenvalue weighted by atomic mass is 10.0. The van der Waals surface area contributed by atoms with E-state index in [4.69, 9.17) is 9.97 Å². The van der Waals surface area contributed by atoms with Gasteiger partial charge in [-0.05, 0) is 42.5 Å². The Labute approximate surface area is 193 Å². The van der Waals surface area contributed by atoms with E-state index in [0.717, 1.165) is 49.8 Å². The molecule has 158 valence electrons. The number of rotatable bonds is 1. The average molecular weight is 435 g/mol. The highest BCUT2D eigenvalue weighted by Crippen LogP contribution is 2.40. The molecular weight excluding hydrogens is 418 g/mol. The SMILES string of the molecule is c1ccc(-n2c3ccccc3c3ccc4c5ncccc5n5c6cccnc6nc5c4c32)cc1. The molecule has 3 aromatic carbocycles. The Morgan fingerprint density at radius 2 is 1.29 bits per heavy atom. The zero-order chi connectivity index (χ0) is 22.2.